The molecule has 0 aromatic heterocycles. The van der Waals surface area contributed by atoms with Crippen LogP contribution < -0.4 is 10.6 Å². The zero-order valence-corrected chi connectivity index (χ0v) is 28.5. The lowest BCUT2D eigenvalue weighted by Gasteiger charge is -2.11. The minimum Gasteiger partial charge on any atom is -0.481 e. The first-order valence-electron chi connectivity index (χ1n) is 17.6. The van der Waals surface area contributed by atoms with Gasteiger partial charge in [0.05, 0.1) is 65.3 Å². The van der Waals surface area contributed by atoms with Crippen molar-refractivity contribution >= 4 is 30.0 Å². The van der Waals surface area contributed by atoms with Gasteiger partial charge in [0.15, 0.2) is 0 Å². The van der Waals surface area contributed by atoms with Crippen molar-refractivity contribution in [3.05, 3.63) is 0 Å². The number of ether oxygens (including phenoxy) is 4. The summed E-state index contributed by atoms with van der Waals surface area (Å²) >= 11 is 0. The number of carbonyl (C=O) groups is 5. The fourth-order valence-corrected chi connectivity index (χ4v) is 4.70. The van der Waals surface area contributed by atoms with E-state index in [2.05, 4.69) is 10.6 Å². The summed E-state index contributed by atoms with van der Waals surface area (Å²) < 4.78 is 21.3. The van der Waals surface area contributed by atoms with E-state index < -0.39 is 18.0 Å². The molecule has 13 heteroatoms. The van der Waals surface area contributed by atoms with Crippen molar-refractivity contribution in [2.75, 3.05) is 59.4 Å². The average molecular weight is 675 g/mol. The second kappa shape index (κ2) is 34.7. The summed E-state index contributed by atoms with van der Waals surface area (Å²) in [5.74, 6) is -1.98. The molecule has 0 aromatic carbocycles. The Kier molecular flexibility index (Phi) is 32.8. The van der Waals surface area contributed by atoms with Crippen LogP contribution in [0.15, 0.2) is 0 Å². The minimum absolute atomic E-state index is 0.01000. The zero-order chi connectivity index (χ0) is 34.6. The Labute approximate surface area is 281 Å². The summed E-state index contributed by atoms with van der Waals surface area (Å²) in [6.45, 7) is 3.65. The number of aliphatic carboxylic acids is 2. The van der Waals surface area contributed by atoms with E-state index in [1.54, 1.807) is 0 Å². The summed E-state index contributed by atoms with van der Waals surface area (Å²) in [4.78, 5) is 55.7. The summed E-state index contributed by atoms with van der Waals surface area (Å²) in [5.41, 5.74) is 0. The molecule has 0 aliphatic heterocycles. The quantitative estimate of drug-likeness (QED) is 0.0539. The third-order valence-electron chi connectivity index (χ3n) is 7.38. The Hall–Kier alpha value is -2.61. The molecule has 0 spiro atoms. The molecule has 274 valence electrons. The first kappa shape index (κ1) is 44.4. The number of hydrogen-bond donors (Lipinski definition) is 4. The molecule has 4 N–H and O–H groups in total. The lowest BCUT2D eigenvalue weighted by molar-refractivity contribution is -0.139. The van der Waals surface area contributed by atoms with E-state index >= 15 is 0 Å². The van der Waals surface area contributed by atoms with E-state index in [1.165, 1.54) is 51.4 Å². The second-order valence-electron chi connectivity index (χ2n) is 11.6. The van der Waals surface area contributed by atoms with Crippen molar-refractivity contribution in [3.63, 3.8) is 0 Å². The smallest absolute Gasteiger partial charge is 0.305 e. The maximum atomic E-state index is 12.0. The highest BCUT2D eigenvalue weighted by Gasteiger charge is 2.12. The van der Waals surface area contributed by atoms with Crippen LogP contribution in [0.5, 0.6) is 0 Å². The molecule has 1 atom stereocenters. The second-order valence-corrected chi connectivity index (χ2v) is 11.6. The molecule has 0 aliphatic carbocycles. The van der Waals surface area contributed by atoms with Crippen LogP contribution in [-0.4, -0.2) is 106 Å². The largest absolute Gasteiger partial charge is 0.481 e. The molecule has 13 nitrogen and oxygen atoms in total. The molecule has 0 aliphatic rings. The Morgan fingerprint density at radius 2 is 0.872 bits per heavy atom. The van der Waals surface area contributed by atoms with Gasteiger partial charge in [-0.25, -0.2) is 0 Å². The molecule has 0 unspecified atom stereocenters. The third-order valence-corrected chi connectivity index (χ3v) is 7.38. The molecular weight excluding hydrogens is 612 g/mol. The molecule has 0 radical (unpaired) electrons. The maximum Gasteiger partial charge on any atom is 0.305 e. The van der Waals surface area contributed by atoms with Gasteiger partial charge in [0.1, 0.15) is 6.29 Å². The number of carboxylic acid groups (broad SMARTS) is 2. The molecule has 2 amide bonds. The van der Waals surface area contributed by atoms with E-state index in [9.17, 15) is 24.0 Å². The molecule has 0 saturated carbocycles. The van der Waals surface area contributed by atoms with E-state index in [0.717, 1.165) is 38.5 Å². The van der Waals surface area contributed by atoms with Gasteiger partial charge in [-0.2, -0.15) is 0 Å². The van der Waals surface area contributed by atoms with Gasteiger partial charge in [0, 0.05) is 25.8 Å². The van der Waals surface area contributed by atoms with Crippen LogP contribution in [0.2, 0.25) is 0 Å². The van der Waals surface area contributed by atoms with Gasteiger partial charge in [0.2, 0.25) is 11.8 Å². The van der Waals surface area contributed by atoms with E-state index in [0.29, 0.717) is 71.9 Å². The van der Waals surface area contributed by atoms with Gasteiger partial charge in [-0.1, -0.05) is 77.0 Å². The Morgan fingerprint density at radius 1 is 0.489 bits per heavy atom. The monoisotopic (exact) mass is 674 g/mol. The molecule has 47 heavy (non-hydrogen) atoms. The predicted molar refractivity (Wildman–Crippen MR) is 177 cm³/mol. The van der Waals surface area contributed by atoms with Crippen LogP contribution in [-0.2, 0) is 42.9 Å². The number of unbranched alkanes of at least 4 members (excludes halogenated alkanes) is 13. The highest BCUT2D eigenvalue weighted by molar-refractivity contribution is 5.79. The summed E-state index contributed by atoms with van der Waals surface area (Å²) in [6.07, 6.45) is 17.4. The summed E-state index contributed by atoms with van der Waals surface area (Å²) in [7, 11) is 0. The van der Waals surface area contributed by atoms with Crippen molar-refractivity contribution in [2.24, 2.45) is 0 Å². The molecule has 0 fully saturated rings. The number of hydrogen-bond acceptors (Lipinski definition) is 9. The van der Waals surface area contributed by atoms with Crippen molar-refractivity contribution in [1.29, 1.82) is 0 Å². The lowest BCUT2D eigenvalue weighted by atomic mass is 10.0. The lowest BCUT2D eigenvalue weighted by Crippen LogP contribution is -2.36. The van der Waals surface area contributed by atoms with E-state index in [1.807, 2.05) is 0 Å². The van der Waals surface area contributed by atoms with Crippen molar-refractivity contribution in [3.8, 4) is 0 Å². The maximum absolute atomic E-state index is 12.0. The third kappa shape index (κ3) is 36.1. The minimum atomic E-state index is -0.977. The standard InChI is InChI=1S/C34H62N2O11/c37-29-30(17-18-33(40)41)36-32(39)16-14-12-10-8-6-4-2-1-3-5-7-9-11-13-15-31(38)35-20-22-45-24-26-47-28-27-46-25-23-44-21-19-34(42)43/h29-30H,1-28H2,(H,35,38)(H,36,39)(H,40,41)(H,42,43)/t30-/m0/s1. The molecule has 0 saturated heterocycles. The molecule has 0 heterocycles. The molecule has 0 bridgehead atoms. The van der Waals surface area contributed by atoms with Crippen LogP contribution in [0.3, 0.4) is 0 Å². The van der Waals surface area contributed by atoms with Gasteiger partial charge in [-0.3, -0.25) is 19.2 Å². The average Bonchev–Trinajstić information content (AvgIpc) is 3.04. The Bertz CT molecular complexity index is 798. The van der Waals surface area contributed by atoms with Crippen molar-refractivity contribution in [1.82, 2.24) is 10.6 Å². The Balaban J connectivity index is 3.29. The van der Waals surface area contributed by atoms with E-state index in [-0.39, 0.29) is 37.7 Å². The molecule has 0 rings (SSSR count). The zero-order valence-electron chi connectivity index (χ0n) is 28.5. The topological polar surface area (TPSA) is 187 Å². The van der Waals surface area contributed by atoms with Crippen molar-refractivity contribution < 1.29 is 53.1 Å². The van der Waals surface area contributed by atoms with Crippen LogP contribution in [0.25, 0.3) is 0 Å². The fraction of sp³-hybridized carbons (Fsp3) is 0.853. The van der Waals surface area contributed by atoms with Gasteiger partial charge in [-0.15, -0.1) is 0 Å². The number of rotatable bonds is 37. The summed E-state index contributed by atoms with van der Waals surface area (Å²) in [6, 6.07) is -0.716. The van der Waals surface area contributed by atoms with Crippen LogP contribution >= 0.6 is 0 Å². The van der Waals surface area contributed by atoms with Crippen LogP contribution in [0, 0.1) is 0 Å². The van der Waals surface area contributed by atoms with Gasteiger partial charge < -0.3 is 44.6 Å². The van der Waals surface area contributed by atoms with Crippen LogP contribution in [0.4, 0.5) is 0 Å². The SMILES string of the molecule is O=C[C@H](CCC(=O)O)NC(=O)CCCCCCCCCCCCCCCCC(=O)NCCOCCOCCOCCOCCC(=O)O. The molecule has 0 aromatic rings. The van der Waals surface area contributed by atoms with E-state index in [4.69, 9.17) is 29.2 Å². The number of carboxylic acids is 2. The fourth-order valence-electron chi connectivity index (χ4n) is 4.70. The first-order chi connectivity index (χ1) is 22.8. The van der Waals surface area contributed by atoms with Gasteiger partial charge in [0.25, 0.3) is 0 Å². The number of nitrogens with one attached hydrogen (secondary N) is 2. The van der Waals surface area contributed by atoms with Crippen LogP contribution in [0.1, 0.15) is 122 Å². The highest BCUT2D eigenvalue weighted by atomic mass is 16.6. The highest BCUT2D eigenvalue weighted by Crippen LogP contribution is 2.14. The Morgan fingerprint density at radius 3 is 1.30 bits per heavy atom. The first-order valence-corrected chi connectivity index (χ1v) is 17.6. The number of carbonyl (C=O) groups excluding carboxylic acids is 3. The number of aldehydes is 1. The predicted octanol–water partition coefficient (Wildman–Crippen LogP) is 4.43. The normalized spacial score (nSPS) is 11.7. The molecular formula is C34H62N2O11. The number of amides is 2. The van der Waals surface area contributed by atoms with Gasteiger partial charge >= 0.3 is 11.9 Å². The van der Waals surface area contributed by atoms with Crippen molar-refractivity contribution in [2.45, 2.75) is 128 Å². The summed E-state index contributed by atoms with van der Waals surface area (Å²) in [5, 5.41) is 22.7. The van der Waals surface area contributed by atoms with Gasteiger partial charge in [-0.05, 0) is 19.3 Å².